The maximum atomic E-state index is 4.37. The number of likely N-dealkylation sites (tertiary alicyclic amines) is 1. The highest BCUT2D eigenvalue weighted by molar-refractivity contribution is 5.79. The van der Waals surface area contributed by atoms with E-state index < -0.39 is 0 Å². The van der Waals surface area contributed by atoms with Crippen molar-refractivity contribution >= 4 is 5.96 Å². The molecule has 0 aromatic carbocycles. The predicted molar refractivity (Wildman–Crippen MR) is 105 cm³/mol. The summed E-state index contributed by atoms with van der Waals surface area (Å²) in [5, 5.41) is 11.2. The molecule has 0 bridgehead atoms. The highest BCUT2D eigenvalue weighted by Crippen LogP contribution is 2.17. The standard InChI is InChI=1S/C19H36N6/c1-16(2)18(24-10-7-5-6-8-11-24)14-22-19(20-4)21-9-12-25-15-17(3)13-23-25/h13,15-16,18H,5-12,14H2,1-4H3,(H2,20,21,22). The number of aryl methyl sites for hydroxylation is 1. The summed E-state index contributed by atoms with van der Waals surface area (Å²) in [4.78, 5) is 7.04. The van der Waals surface area contributed by atoms with Gasteiger partial charge in [-0.05, 0) is 44.3 Å². The Morgan fingerprint density at radius 3 is 2.48 bits per heavy atom. The number of hydrogen-bond acceptors (Lipinski definition) is 3. The number of nitrogens with zero attached hydrogens (tertiary/aromatic N) is 4. The molecule has 1 aromatic heterocycles. The van der Waals surface area contributed by atoms with Crippen molar-refractivity contribution in [1.82, 2.24) is 25.3 Å². The molecule has 1 unspecified atom stereocenters. The summed E-state index contributed by atoms with van der Waals surface area (Å²) < 4.78 is 1.96. The van der Waals surface area contributed by atoms with Crippen LogP contribution in [0.1, 0.15) is 45.1 Å². The van der Waals surface area contributed by atoms with Gasteiger partial charge < -0.3 is 10.6 Å². The van der Waals surface area contributed by atoms with Gasteiger partial charge in [-0.1, -0.05) is 26.7 Å². The fourth-order valence-electron chi connectivity index (χ4n) is 3.51. The minimum atomic E-state index is 0.561. The number of guanidine groups is 1. The molecule has 0 saturated carbocycles. The lowest BCUT2D eigenvalue weighted by atomic mass is 10.0. The first-order valence-corrected chi connectivity index (χ1v) is 9.77. The van der Waals surface area contributed by atoms with Crippen molar-refractivity contribution in [2.24, 2.45) is 10.9 Å². The van der Waals surface area contributed by atoms with E-state index in [2.05, 4.69) is 52.6 Å². The molecular weight excluding hydrogens is 312 g/mol. The maximum Gasteiger partial charge on any atom is 0.191 e. The van der Waals surface area contributed by atoms with Crippen molar-refractivity contribution in [2.45, 2.75) is 59.0 Å². The largest absolute Gasteiger partial charge is 0.355 e. The molecule has 1 saturated heterocycles. The molecule has 2 N–H and O–H groups in total. The van der Waals surface area contributed by atoms with E-state index in [0.29, 0.717) is 12.0 Å². The second-order valence-corrected chi connectivity index (χ2v) is 7.42. The Balaban J connectivity index is 1.78. The fourth-order valence-corrected chi connectivity index (χ4v) is 3.51. The SMILES string of the molecule is CN=C(NCCn1cc(C)cn1)NCC(C(C)C)N1CCCCCC1. The van der Waals surface area contributed by atoms with Gasteiger partial charge in [-0.2, -0.15) is 5.10 Å². The molecule has 0 radical (unpaired) electrons. The van der Waals surface area contributed by atoms with E-state index in [1.807, 2.05) is 17.9 Å². The van der Waals surface area contributed by atoms with Crippen LogP contribution in [0.2, 0.25) is 0 Å². The van der Waals surface area contributed by atoms with Crippen LogP contribution in [0.5, 0.6) is 0 Å². The zero-order valence-electron chi connectivity index (χ0n) is 16.5. The van der Waals surface area contributed by atoms with Crippen LogP contribution in [-0.4, -0.2) is 59.9 Å². The molecule has 6 heteroatoms. The lowest BCUT2D eigenvalue weighted by Gasteiger charge is -2.34. The highest BCUT2D eigenvalue weighted by atomic mass is 15.3. The average Bonchev–Trinajstić information content (AvgIpc) is 2.84. The van der Waals surface area contributed by atoms with E-state index in [-0.39, 0.29) is 0 Å². The summed E-state index contributed by atoms with van der Waals surface area (Å²) in [5.41, 5.74) is 1.19. The van der Waals surface area contributed by atoms with Crippen LogP contribution in [0, 0.1) is 12.8 Å². The van der Waals surface area contributed by atoms with Gasteiger partial charge in [0.25, 0.3) is 0 Å². The van der Waals surface area contributed by atoms with Crippen LogP contribution in [0.25, 0.3) is 0 Å². The molecule has 1 atom stereocenters. The molecule has 2 rings (SSSR count). The first-order valence-electron chi connectivity index (χ1n) is 9.77. The van der Waals surface area contributed by atoms with Gasteiger partial charge in [0.05, 0.1) is 12.7 Å². The van der Waals surface area contributed by atoms with Gasteiger partial charge in [-0.15, -0.1) is 0 Å². The first kappa shape index (κ1) is 19.8. The molecule has 6 nitrogen and oxygen atoms in total. The van der Waals surface area contributed by atoms with Crippen LogP contribution in [0.3, 0.4) is 0 Å². The number of hydrogen-bond donors (Lipinski definition) is 2. The van der Waals surface area contributed by atoms with Gasteiger partial charge in [-0.3, -0.25) is 14.6 Å². The number of nitrogens with one attached hydrogen (secondary N) is 2. The molecule has 1 fully saturated rings. The Kier molecular flexibility index (Phi) is 8.25. The third-order valence-corrected chi connectivity index (χ3v) is 4.98. The summed E-state index contributed by atoms with van der Waals surface area (Å²) in [5.74, 6) is 1.51. The van der Waals surface area contributed by atoms with Crippen LogP contribution in [-0.2, 0) is 6.54 Å². The molecule has 142 valence electrons. The molecule has 0 spiro atoms. The number of aliphatic imine (C=N–C) groups is 1. The zero-order valence-corrected chi connectivity index (χ0v) is 16.5. The van der Waals surface area contributed by atoms with Gasteiger partial charge in [-0.25, -0.2) is 0 Å². The van der Waals surface area contributed by atoms with Gasteiger partial charge in [0.1, 0.15) is 0 Å². The van der Waals surface area contributed by atoms with Gasteiger partial charge in [0.15, 0.2) is 5.96 Å². The predicted octanol–water partition coefficient (Wildman–Crippen LogP) is 2.26. The zero-order chi connectivity index (χ0) is 18.1. The molecule has 1 aromatic rings. The van der Waals surface area contributed by atoms with Crippen LogP contribution < -0.4 is 10.6 Å². The van der Waals surface area contributed by atoms with Gasteiger partial charge in [0, 0.05) is 32.4 Å². The molecule has 25 heavy (non-hydrogen) atoms. The monoisotopic (exact) mass is 348 g/mol. The second kappa shape index (κ2) is 10.4. The molecule has 1 aliphatic heterocycles. The Morgan fingerprint density at radius 1 is 1.20 bits per heavy atom. The Labute approximate surface area is 153 Å². The fraction of sp³-hybridized carbons (Fsp3) is 0.789. The van der Waals surface area contributed by atoms with E-state index in [1.165, 1.54) is 44.3 Å². The Bertz CT molecular complexity index is 514. The highest BCUT2D eigenvalue weighted by Gasteiger charge is 2.22. The van der Waals surface area contributed by atoms with Gasteiger partial charge in [0.2, 0.25) is 0 Å². The smallest absolute Gasteiger partial charge is 0.191 e. The van der Waals surface area contributed by atoms with Crippen LogP contribution >= 0.6 is 0 Å². The molecule has 1 aliphatic rings. The van der Waals surface area contributed by atoms with E-state index in [4.69, 9.17) is 0 Å². The Morgan fingerprint density at radius 2 is 1.92 bits per heavy atom. The number of aromatic nitrogens is 2. The summed E-state index contributed by atoms with van der Waals surface area (Å²) in [7, 11) is 1.84. The van der Waals surface area contributed by atoms with E-state index in [0.717, 1.165) is 25.6 Å². The average molecular weight is 349 g/mol. The van der Waals surface area contributed by atoms with E-state index in [9.17, 15) is 0 Å². The quantitative estimate of drug-likeness (QED) is 0.586. The third kappa shape index (κ3) is 6.69. The lowest BCUT2D eigenvalue weighted by molar-refractivity contribution is 0.161. The molecule has 2 heterocycles. The summed E-state index contributed by atoms with van der Waals surface area (Å²) in [6.07, 6.45) is 9.38. The van der Waals surface area contributed by atoms with Crippen LogP contribution in [0.15, 0.2) is 17.4 Å². The van der Waals surface area contributed by atoms with Crippen molar-refractivity contribution in [3.63, 3.8) is 0 Å². The maximum absolute atomic E-state index is 4.37. The van der Waals surface area contributed by atoms with Crippen molar-refractivity contribution in [1.29, 1.82) is 0 Å². The number of rotatable bonds is 7. The lowest BCUT2D eigenvalue weighted by Crippen LogP contribution is -2.50. The minimum Gasteiger partial charge on any atom is -0.355 e. The summed E-state index contributed by atoms with van der Waals surface area (Å²) in [6, 6.07) is 0.561. The van der Waals surface area contributed by atoms with Crippen molar-refractivity contribution in [3.8, 4) is 0 Å². The second-order valence-electron chi connectivity index (χ2n) is 7.42. The van der Waals surface area contributed by atoms with E-state index >= 15 is 0 Å². The third-order valence-electron chi connectivity index (χ3n) is 4.98. The van der Waals surface area contributed by atoms with E-state index in [1.54, 1.807) is 0 Å². The first-order chi connectivity index (χ1) is 12.1. The van der Waals surface area contributed by atoms with Crippen LogP contribution in [0.4, 0.5) is 0 Å². The normalized spacial score (nSPS) is 18.2. The topological polar surface area (TPSA) is 57.5 Å². The molecular formula is C19H36N6. The minimum absolute atomic E-state index is 0.561. The summed E-state index contributed by atoms with van der Waals surface area (Å²) >= 11 is 0. The molecule has 0 amide bonds. The van der Waals surface area contributed by atoms with Crippen molar-refractivity contribution < 1.29 is 0 Å². The van der Waals surface area contributed by atoms with Crippen molar-refractivity contribution in [2.75, 3.05) is 33.2 Å². The molecule has 0 aliphatic carbocycles. The Hall–Kier alpha value is -1.56. The summed E-state index contributed by atoms with van der Waals surface area (Å²) in [6.45, 7) is 11.8. The van der Waals surface area contributed by atoms with Gasteiger partial charge >= 0.3 is 0 Å². The van der Waals surface area contributed by atoms with Crippen molar-refractivity contribution in [3.05, 3.63) is 18.0 Å².